The predicted molar refractivity (Wildman–Crippen MR) is 75.8 cm³/mol. The maximum atomic E-state index is 12.4. The second-order valence-electron chi connectivity index (χ2n) is 4.76. The fraction of sp³-hybridized carbons (Fsp3) is 0.308. The third-order valence-corrected chi connectivity index (χ3v) is 3.64. The quantitative estimate of drug-likeness (QED) is 0.853. The van der Waals surface area contributed by atoms with Crippen molar-refractivity contribution < 1.29 is 14.4 Å². The molecule has 1 atom stereocenters. The fourth-order valence-corrected chi connectivity index (χ4v) is 2.66. The third kappa shape index (κ3) is 2.39. The number of anilines is 1. The number of urea groups is 1. The molecule has 1 fully saturated rings. The minimum Gasteiger partial charge on any atom is -0.277 e. The zero-order valence-corrected chi connectivity index (χ0v) is 12.3. The summed E-state index contributed by atoms with van der Waals surface area (Å²) in [7, 11) is 0. The number of barbiturate groups is 1. The van der Waals surface area contributed by atoms with E-state index in [2.05, 4.69) is 5.32 Å². The average molecular weight is 315 g/mol. The van der Waals surface area contributed by atoms with Gasteiger partial charge in [-0.25, -0.2) is 9.69 Å². The molecular weight excluding hydrogens is 303 g/mol. The minimum absolute atomic E-state index is 0.0940. The van der Waals surface area contributed by atoms with Gasteiger partial charge in [0.15, 0.2) is 0 Å². The van der Waals surface area contributed by atoms with Crippen LogP contribution in [-0.2, 0) is 9.59 Å². The van der Waals surface area contributed by atoms with Crippen LogP contribution in [0.4, 0.5) is 10.5 Å². The molecule has 1 aromatic rings. The number of carbonyl (C=O) groups is 3. The van der Waals surface area contributed by atoms with Gasteiger partial charge in [0.2, 0.25) is 11.8 Å². The molecule has 20 heavy (non-hydrogen) atoms. The molecule has 0 spiro atoms. The number of benzene rings is 1. The lowest BCUT2D eigenvalue weighted by atomic mass is 9.92. The molecule has 106 valence electrons. The SMILES string of the molecule is CC(C)C1C(=O)NC(=O)N(c2c(Cl)cccc2Cl)C1=O. The molecule has 5 nitrogen and oxygen atoms in total. The molecule has 7 heteroatoms. The molecular formula is C13H12Cl2N2O3. The van der Waals surface area contributed by atoms with Gasteiger partial charge in [0.25, 0.3) is 0 Å². The summed E-state index contributed by atoms with van der Waals surface area (Å²) in [5.41, 5.74) is 0.0940. The molecule has 0 aromatic heterocycles. The number of hydrogen-bond acceptors (Lipinski definition) is 3. The van der Waals surface area contributed by atoms with Crippen LogP contribution < -0.4 is 10.2 Å². The molecule has 1 heterocycles. The molecule has 0 bridgehead atoms. The zero-order valence-electron chi connectivity index (χ0n) is 10.8. The van der Waals surface area contributed by atoms with E-state index in [4.69, 9.17) is 23.2 Å². The van der Waals surface area contributed by atoms with E-state index in [0.717, 1.165) is 4.90 Å². The molecule has 1 unspecified atom stereocenters. The van der Waals surface area contributed by atoms with Crippen LogP contribution in [0.1, 0.15) is 13.8 Å². The number of hydrogen-bond donors (Lipinski definition) is 1. The normalized spacial score (nSPS) is 19.6. The van der Waals surface area contributed by atoms with Gasteiger partial charge in [-0.15, -0.1) is 0 Å². The van der Waals surface area contributed by atoms with Gasteiger partial charge in [-0.05, 0) is 18.1 Å². The maximum Gasteiger partial charge on any atom is 0.335 e. The molecule has 1 saturated heterocycles. The number of imide groups is 2. The van der Waals surface area contributed by atoms with Gasteiger partial charge in [-0.3, -0.25) is 14.9 Å². The Hall–Kier alpha value is -1.59. The Bertz CT molecular complexity index is 581. The van der Waals surface area contributed by atoms with Gasteiger partial charge >= 0.3 is 6.03 Å². The second kappa shape index (κ2) is 5.42. The van der Waals surface area contributed by atoms with E-state index in [-0.39, 0.29) is 21.7 Å². The van der Waals surface area contributed by atoms with Crippen molar-refractivity contribution in [3.05, 3.63) is 28.2 Å². The zero-order chi connectivity index (χ0) is 15.0. The van der Waals surface area contributed by atoms with Crippen molar-refractivity contribution in [1.82, 2.24) is 5.32 Å². The molecule has 0 aliphatic carbocycles. The highest BCUT2D eigenvalue weighted by Crippen LogP contribution is 2.36. The van der Waals surface area contributed by atoms with Crippen LogP contribution in [0, 0.1) is 11.8 Å². The van der Waals surface area contributed by atoms with E-state index in [1.165, 1.54) is 12.1 Å². The van der Waals surface area contributed by atoms with Crippen LogP contribution in [-0.4, -0.2) is 17.8 Å². The molecule has 1 aliphatic heterocycles. The topological polar surface area (TPSA) is 66.5 Å². The monoisotopic (exact) mass is 314 g/mol. The van der Waals surface area contributed by atoms with E-state index >= 15 is 0 Å². The Morgan fingerprint density at radius 1 is 1.15 bits per heavy atom. The highest BCUT2D eigenvalue weighted by atomic mass is 35.5. The lowest BCUT2D eigenvalue weighted by molar-refractivity contribution is -0.136. The van der Waals surface area contributed by atoms with E-state index in [0.29, 0.717) is 0 Å². The van der Waals surface area contributed by atoms with Gasteiger partial charge in [0, 0.05) is 0 Å². The van der Waals surface area contributed by atoms with Crippen molar-refractivity contribution >= 4 is 46.7 Å². The van der Waals surface area contributed by atoms with Crippen molar-refractivity contribution in [2.75, 3.05) is 4.90 Å². The van der Waals surface area contributed by atoms with Crippen LogP contribution >= 0.6 is 23.2 Å². The Morgan fingerprint density at radius 2 is 1.70 bits per heavy atom. The molecule has 1 aliphatic rings. The number of rotatable bonds is 2. The first kappa shape index (κ1) is 14.8. The molecule has 0 saturated carbocycles. The molecule has 1 aromatic carbocycles. The minimum atomic E-state index is -0.944. The molecule has 4 amide bonds. The standard InChI is InChI=1S/C13H12Cl2N2O3/c1-6(2)9-11(18)16-13(20)17(12(9)19)10-7(14)4-3-5-8(10)15/h3-6,9H,1-2H3,(H,16,18,20). The highest BCUT2D eigenvalue weighted by molar-refractivity contribution is 6.42. The second-order valence-corrected chi connectivity index (χ2v) is 5.57. The van der Waals surface area contributed by atoms with E-state index in [1.54, 1.807) is 19.9 Å². The van der Waals surface area contributed by atoms with Crippen LogP contribution in [0.5, 0.6) is 0 Å². The Morgan fingerprint density at radius 3 is 2.20 bits per heavy atom. The molecule has 2 rings (SSSR count). The van der Waals surface area contributed by atoms with Gasteiger partial charge in [-0.1, -0.05) is 43.1 Å². The van der Waals surface area contributed by atoms with Gasteiger partial charge in [-0.2, -0.15) is 0 Å². The van der Waals surface area contributed by atoms with E-state index < -0.39 is 23.8 Å². The maximum absolute atomic E-state index is 12.4. The van der Waals surface area contributed by atoms with Crippen LogP contribution in [0.3, 0.4) is 0 Å². The van der Waals surface area contributed by atoms with Crippen LogP contribution in [0.15, 0.2) is 18.2 Å². The van der Waals surface area contributed by atoms with Gasteiger partial charge in [0.05, 0.1) is 15.7 Å². The molecule has 1 N–H and O–H groups in total. The third-order valence-electron chi connectivity index (χ3n) is 3.03. The van der Waals surface area contributed by atoms with Crippen LogP contribution in [0.2, 0.25) is 10.0 Å². The highest BCUT2D eigenvalue weighted by Gasteiger charge is 2.43. The predicted octanol–water partition coefficient (Wildman–Crippen LogP) is 2.85. The lowest BCUT2D eigenvalue weighted by Gasteiger charge is -2.32. The van der Waals surface area contributed by atoms with E-state index in [1.807, 2.05) is 0 Å². The number of nitrogens with one attached hydrogen (secondary N) is 1. The first-order valence-corrected chi connectivity index (χ1v) is 6.73. The summed E-state index contributed by atoms with van der Waals surface area (Å²) in [6.07, 6.45) is 0. The Labute approximate surface area is 125 Å². The average Bonchev–Trinajstić information content (AvgIpc) is 2.31. The summed E-state index contributed by atoms with van der Waals surface area (Å²) in [5.74, 6) is -2.42. The van der Waals surface area contributed by atoms with E-state index in [9.17, 15) is 14.4 Å². The number of carbonyl (C=O) groups excluding carboxylic acids is 3. The van der Waals surface area contributed by atoms with Gasteiger partial charge in [0.1, 0.15) is 5.92 Å². The van der Waals surface area contributed by atoms with Crippen molar-refractivity contribution in [2.24, 2.45) is 11.8 Å². The number of amides is 4. The lowest BCUT2D eigenvalue weighted by Crippen LogP contribution is -2.59. The number of para-hydroxylation sites is 1. The smallest absolute Gasteiger partial charge is 0.277 e. The fourth-order valence-electron chi connectivity index (χ4n) is 2.09. The first-order chi connectivity index (χ1) is 9.34. The van der Waals surface area contributed by atoms with Gasteiger partial charge < -0.3 is 0 Å². The summed E-state index contributed by atoms with van der Waals surface area (Å²) in [5, 5.41) is 2.48. The number of halogens is 2. The Balaban J connectivity index is 2.52. The summed E-state index contributed by atoms with van der Waals surface area (Å²) in [6, 6.07) is 3.80. The largest absolute Gasteiger partial charge is 0.335 e. The van der Waals surface area contributed by atoms with Crippen molar-refractivity contribution in [1.29, 1.82) is 0 Å². The van der Waals surface area contributed by atoms with Crippen LogP contribution in [0.25, 0.3) is 0 Å². The summed E-state index contributed by atoms with van der Waals surface area (Å²) >= 11 is 12.0. The van der Waals surface area contributed by atoms with Crippen molar-refractivity contribution in [3.8, 4) is 0 Å². The number of nitrogens with zero attached hydrogens (tertiary/aromatic N) is 1. The molecule has 0 radical (unpaired) electrons. The first-order valence-electron chi connectivity index (χ1n) is 5.97. The summed E-state index contributed by atoms with van der Waals surface area (Å²) in [4.78, 5) is 37.0. The van der Waals surface area contributed by atoms with Crippen molar-refractivity contribution in [3.63, 3.8) is 0 Å². The Kier molecular flexibility index (Phi) is 4.01. The summed E-state index contributed by atoms with van der Waals surface area (Å²) in [6.45, 7) is 3.45. The van der Waals surface area contributed by atoms with Crippen molar-refractivity contribution in [2.45, 2.75) is 13.8 Å². The summed E-state index contributed by atoms with van der Waals surface area (Å²) < 4.78 is 0.